The number of aliphatic hydroxyl groups excluding tert-OH is 3. The normalized spacial score (nSPS) is 43.3. The molecular formula is C6H13O8P. The molecule has 15 heavy (non-hydrogen) atoms. The maximum absolute atomic E-state index is 10.5. The molecule has 5 N–H and O–H groups in total. The van der Waals surface area contributed by atoms with Crippen molar-refractivity contribution in [2.45, 2.75) is 24.4 Å². The largest absolute Gasteiger partial charge is 0.469 e. The summed E-state index contributed by atoms with van der Waals surface area (Å²) in [5, 5.41) is 27.7. The number of hydrogen-bond acceptors (Lipinski definition) is 6. The monoisotopic (exact) mass is 248 g/mol. The highest BCUT2D eigenvalue weighted by Gasteiger charge is 2.43. The van der Waals surface area contributed by atoms with Crippen LogP contribution >= 0.6 is 7.82 Å². The van der Waals surface area contributed by atoms with Gasteiger partial charge in [0.2, 0.25) is 0 Å². The summed E-state index contributed by atoms with van der Waals surface area (Å²) in [5.74, 6) is 0. The zero-order chi connectivity index (χ0) is 13.4. The number of ether oxygens (including phenoxy) is 1. The van der Waals surface area contributed by atoms with Crippen molar-refractivity contribution in [3.63, 3.8) is 0 Å². The molecule has 0 aliphatic carbocycles. The van der Waals surface area contributed by atoms with E-state index in [0.717, 1.165) is 0 Å². The van der Waals surface area contributed by atoms with Crippen LogP contribution < -0.4 is 0 Å². The minimum Gasteiger partial charge on any atom is -0.394 e. The first-order valence-electron chi connectivity index (χ1n) is 5.07. The van der Waals surface area contributed by atoms with Gasteiger partial charge in [-0.15, -0.1) is 0 Å². The molecule has 0 bridgehead atoms. The van der Waals surface area contributed by atoms with Crippen LogP contribution in [0.1, 0.15) is 2.74 Å². The maximum Gasteiger partial charge on any atom is 0.469 e. The summed E-state index contributed by atoms with van der Waals surface area (Å²) in [7, 11) is -4.93. The van der Waals surface area contributed by atoms with E-state index in [-0.39, 0.29) is 0 Å². The fourth-order valence-electron chi connectivity index (χ4n) is 1.11. The molecule has 2 unspecified atom stereocenters. The van der Waals surface area contributed by atoms with Crippen molar-refractivity contribution in [2.24, 2.45) is 0 Å². The molecule has 0 aromatic rings. The Hall–Kier alpha value is -0.0500. The molecule has 6 atom stereocenters. The SMILES string of the molecule is [3H]C(O)[C@H]1O[C@H](C([3H])OP(=O)(O)O)[C@@H](O)[C@@H]1O. The molecule has 0 amide bonds. The molecule has 1 heterocycles. The lowest BCUT2D eigenvalue weighted by Gasteiger charge is -2.14. The summed E-state index contributed by atoms with van der Waals surface area (Å²) in [6.45, 7) is -3.81. The average molecular weight is 248 g/mol. The Bertz CT molecular complexity index is 308. The Kier molecular flexibility index (Phi) is 3.28. The molecule has 1 rings (SSSR count). The number of phosphoric acid groups is 1. The van der Waals surface area contributed by atoms with Gasteiger partial charge in [0, 0.05) is 0 Å². The van der Waals surface area contributed by atoms with E-state index in [1.54, 1.807) is 0 Å². The van der Waals surface area contributed by atoms with Crippen LogP contribution in [0.25, 0.3) is 0 Å². The number of hydrogen-bond donors (Lipinski definition) is 5. The third-order valence-electron chi connectivity index (χ3n) is 1.82. The molecule has 1 saturated heterocycles. The lowest BCUT2D eigenvalue weighted by Crippen LogP contribution is -2.35. The van der Waals surface area contributed by atoms with Gasteiger partial charge in [0.1, 0.15) is 24.4 Å². The Labute approximate surface area is 88.1 Å². The molecule has 1 fully saturated rings. The number of phosphoric ester groups is 1. The summed E-state index contributed by atoms with van der Waals surface area (Å²) in [6, 6.07) is 0. The second-order valence-electron chi connectivity index (χ2n) is 2.93. The van der Waals surface area contributed by atoms with Gasteiger partial charge in [0.25, 0.3) is 0 Å². The first-order chi connectivity index (χ1) is 7.63. The molecule has 0 spiro atoms. The predicted molar refractivity (Wildman–Crippen MR) is 45.8 cm³/mol. The zero-order valence-electron chi connectivity index (χ0n) is 9.37. The van der Waals surface area contributed by atoms with E-state index >= 15 is 0 Å². The highest BCUT2D eigenvalue weighted by molar-refractivity contribution is 7.46. The summed E-state index contributed by atoms with van der Waals surface area (Å²) in [6.07, 6.45) is -6.36. The van der Waals surface area contributed by atoms with Gasteiger partial charge < -0.3 is 29.8 Å². The van der Waals surface area contributed by atoms with Gasteiger partial charge in [-0.3, -0.25) is 4.52 Å². The van der Waals surface area contributed by atoms with Gasteiger partial charge >= 0.3 is 7.82 Å². The Morgan fingerprint density at radius 3 is 2.27 bits per heavy atom. The quantitative estimate of drug-likeness (QED) is 0.346. The summed E-state index contributed by atoms with van der Waals surface area (Å²) in [4.78, 5) is 16.9. The van der Waals surface area contributed by atoms with E-state index < -0.39 is 45.4 Å². The molecule has 90 valence electrons. The first-order valence-corrected chi connectivity index (χ1v) is 5.44. The third-order valence-corrected chi connectivity index (χ3v) is 2.21. The summed E-state index contributed by atoms with van der Waals surface area (Å²) in [5.41, 5.74) is 0. The van der Waals surface area contributed by atoms with Crippen LogP contribution in [0, 0.1) is 0 Å². The van der Waals surface area contributed by atoms with E-state index in [9.17, 15) is 14.8 Å². The van der Waals surface area contributed by atoms with Gasteiger partial charge in [-0.05, 0) is 0 Å². The summed E-state index contributed by atoms with van der Waals surface area (Å²) >= 11 is 0. The van der Waals surface area contributed by atoms with E-state index in [1.165, 1.54) is 0 Å². The first kappa shape index (κ1) is 10.1. The smallest absolute Gasteiger partial charge is 0.394 e. The van der Waals surface area contributed by atoms with E-state index in [4.69, 9.17) is 22.4 Å². The van der Waals surface area contributed by atoms with Crippen molar-refractivity contribution in [3.8, 4) is 0 Å². The van der Waals surface area contributed by atoms with Crippen LogP contribution in [0.15, 0.2) is 0 Å². The van der Waals surface area contributed by atoms with Crippen LogP contribution in [-0.2, 0) is 13.8 Å². The topological polar surface area (TPSA) is 137 Å². The van der Waals surface area contributed by atoms with Gasteiger partial charge in [0.15, 0.2) is 0 Å². The molecule has 1 aliphatic rings. The fraction of sp³-hybridized carbons (Fsp3) is 1.00. The van der Waals surface area contributed by atoms with Crippen LogP contribution in [0.4, 0.5) is 0 Å². The zero-order valence-corrected chi connectivity index (χ0v) is 8.27. The van der Waals surface area contributed by atoms with Crippen molar-refractivity contribution in [1.29, 1.82) is 0 Å². The highest BCUT2D eigenvalue weighted by Crippen LogP contribution is 2.37. The second-order valence-corrected chi connectivity index (χ2v) is 4.12. The minimum atomic E-state index is -4.93. The number of aliphatic hydroxyl groups is 3. The molecule has 0 saturated carbocycles. The van der Waals surface area contributed by atoms with Crippen molar-refractivity contribution < 1.29 is 41.7 Å². The van der Waals surface area contributed by atoms with Gasteiger partial charge in [-0.1, -0.05) is 0 Å². The van der Waals surface area contributed by atoms with Crippen molar-refractivity contribution in [2.75, 3.05) is 13.2 Å². The standard InChI is InChI=1S/C6H13O8P/c7-1-3-5(8)6(9)4(14-3)2-13-15(10,11)12/h3-9H,1-2H2,(H2,10,11,12)/t3-,4-,5-,6-/m1/s1/i1T,2T/t1?,2?,3-,4-,5-,6-. The van der Waals surface area contributed by atoms with Crippen LogP contribution in [0.3, 0.4) is 0 Å². The molecular weight excluding hydrogens is 231 g/mol. The van der Waals surface area contributed by atoms with Crippen molar-refractivity contribution >= 4 is 7.82 Å². The molecule has 0 radical (unpaired) electrons. The Morgan fingerprint density at radius 1 is 1.33 bits per heavy atom. The molecule has 1 aliphatic heterocycles. The lowest BCUT2D eigenvalue weighted by atomic mass is 10.1. The molecule has 8 nitrogen and oxygen atoms in total. The third kappa shape index (κ3) is 3.47. The Morgan fingerprint density at radius 2 is 1.87 bits per heavy atom. The van der Waals surface area contributed by atoms with E-state index in [2.05, 4.69) is 4.52 Å². The van der Waals surface area contributed by atoms with Crippen LogP contribution in [0.5, 0.6) is 0 Å². The summed E-state index contributed by atoms with van der Waals surface area (Å²) < 4.78 is 33.3. The van der Waals surface area contributed by atoms with Gasteiger partial charge in [-0.2, -0.15) is 0 Å². The average Bonchev–Trinajstić information content (AvgIpc) is 2.41. The van der Waals surface area contributed by atoms with Crippen molar-refractivity contribution in [3.05, 3.63) is 0 Å². The Balaban J connectivity index is 2.70. The number of rotatable bonds is 4. The molecule has 0 aromatic heterocycles. The molecule has 9 heteroatoms. The van der Waals surface area contributed by atoms with Crippen LogP contribution in [0.2, 0.25) is 0 Å². The van der Waals surface area contributed by atoms with Gasteiger partial charge in [0.05, 0.1) is 15.9 Å². The lowest BCUT2D eigenvalue weighted by molar-refractivity contribution is -0.0388. The molecule has 0 aromatic carbocycles. The fourth-order valence-corrected chi connectivity index (χ4v) is 1.38. The highest BCUT2D eigenvalue weighted by atomic mass is 31.2. The van der Waals surface area contributed by atoms with E-state index in [0.29, 0.717) is 0 Å². The minimum absolute atomic E-state index is 1.47. The maximum atomic E-state index is 10.5. The second kappa shape index (κ2) is 4.86. The van der Waals surface area contributed by atoms with E-state index in [1.807, 2.05) is 0 Å². The van der Waals surface area contributed by atoms with Gasteiger partial charge in [-0.25, -0.2) is 4.57 Å². The van der Waals surface area contributed by atoms with Crippen molar-refractivity contribution in [1.82, 2.24) is 0 Å². The predicted octanol–water partition coefficient (Wildman–Crippen LogP) is -2.42. The van der Waals surface area contributed by atoms with Crippen LogP contribution in [-0.4, -0.2) is 62.7 Å².